The number of carboxylic acid groups (broad SMARTS) is 1. The zero-order chi connectivity index (χ0) is 20.0. The van der Waals surface area contributed by atoms with E-state index >= 15 is 0 Å². The normalized spacial score (nSPS) is 22.5. The molecule has 1 aliphatic rings. The molecule has 0 heterocycles. The van der Waals surface area contributed by atoms with Crippen molar-refractivity contribution in [1.29, 1.82) is 0 Å². The molecule has 6 heteroatoms. The first-order chi connectivity index (χ1) is 12.7. The number of amides is 1. The fourth-order valence-corrected chi connectivity index (χ4v) is 3.76. The van der Waals surface area contributed by atoms with Gasteiger partial charge in [-0.15, -0.1) is 0 Å². The van der Waals surface area contributed by atoms with Crippen molar-refractivity contribution in [3.63, 3.8) is 0 Å². The molecule has 2 unspecified atom stereocenters. The van der Waals surface area contributed by atoms with Crippen LogP contribution in [0.15, 0.2) is 30.3 Å². The first-order valence-corrected chi connectivity index (χ1v) is 9.61. The van der Waals surface area contributed by atoms with Gasteiger partial charge in [0.15, 0.2) is 0 Å². The van der Waals surface area contributed by atoms with Gasteiger partial charge in [0, 0.05) is 5.92 Å². The van der Waals surface area contributed by atoms with Crippen LogP contribution in [0.3, 0.4) is 0 Å². The first-order valence-electron chi connectivity index (χ1n) is 9.61. The minimum Gasteiger partial charge on any atom is -0.481 e. The molecule has 3 N–H and O–H groups in total. The number of hydrogen-bond donors (Lipinski definition) is 3. The van der Waals surface area contributed by atoms with Crippen LogP contribution in [-0.4, -0.2) is 40.0 Å². The van der Waals surface area contributed by atoms with Crippen LogP contribution < -0.4 is 5.32 Å². The van der Waals surface area contributed by atoms with Crippen LogP contribution in [0.5, 0.6) is 0 Å². The van der Waals surface area contributed by atoms with Gasteiger partial charge in [-0.25, -0.2) is 4.79 Å². The van der Waals surface area contributed by atoms with Crippen molar-refractivity contribution >= 4 is 12.1 Å². The zero-order valence-electron chi connectivity index (χ0n) is 16.4. The summed E-state index contributed by atoms with van der Waals surface area (Å²) in [6.07, 6.45) is 1.77. The summed E-state index contributed by atoms with van der Waals surface area (Å²) in [5.41, 5.74) is 0.307. The summed E-state index contributed by atoms with van der Waals surface area (Å²) in [5, 5.41) is 23.3. The van der Waals surface area contributed by atoms with E-state index in [9.17, 15) is 19.8 Å². The minimum absolute atomic E-state index is 0.389. The Morgan fingerprint density at radius 2 is 1.81 bits per heavy atom. The summed E-state index contributed by atoms with van der Waals surface area (Å²) in [6.45, 7) is 5.32. The van der Waals surface area contributed by atoms with Gasteiger partial charge in [0.2, 0.25) is 0 Å². The van der Waals surface area contributed by atoms with Gasteiger partial charge in [-0.2, -0.15) is 0 Å². The molecular formula is C21H31NO5. The number of carboxylic acids is 1. The topological polar surface area (TPSA) is 95.9 Å². The number of benzene rings is 1. The largest absolute Gasteiger partial charge is 0.481 e. The van der Waals surface area contributed by atoms with Crippen LogP contribution in [0, 0.1) is 11.8 Å². The predicted octanol–water partition coefficient (Wildman–Crippen LogP) is 3.37. The van der Waals surface area contributed by atoms with Gasteiger partial charge in [-0.3, -0.25) is 4.79 Å². The Hall–Kier alpha value is -2.08. The number of alkyl carbamates (subject to hydrolysis) is 1. The van der Waals surface area contributed by atoms with Crippen molar-refractivity contribution in [2.24, 2.45) is 11.8 Å². The number of rotatable bonds is 6. The smallest absolute Gasteiger partial charge is 0.407 e. The lowest BCUT2D eigenvalue weighted by Gasteiger charge is -2.36. The average Bonchev–Trinajstić information content (AvgIpc) is 2.59. The molecule has 0 spiro atoms. The molecule has 0 saturated heterocycles. The molecule has 150 valence electrons. The quantitative estimate of drug-likeness (QED) is 0.706. The third kappa shape index (κ3) is 6.54. The van der Waals surface area contributed by atoms with Crippen molar-refractivity contribution in [2.75, 3.05) is 0 Å². The number of carbonyl (C=O) groups is 2. The van der Waals surface area contributed by atoms with Gasteiger partial charge >= 0.3 is 12.1 Å². The monoisotopic (exact) mass is 377 g/mol. The minimum atomic E-state index is -0.959. The van der Waals surface area contributed by atoms with Gasteiger partial charge in [0.1, 0.15) is 5.60 Å². The van der Waals surface area contributed by atoms with Crippen LogP contribution in [-0.2, 0) is 16.0 Å². The van der Waals surface area contributed by atoms with Crippen LogP contribution in [0.25, 0.3) is 0 Å². The molecule has 4 atom stereocenters. The van der Waals surface area contributed by atoms with E-state index in [1.807, 2.05) is 30.3 Å². The highest BCUT2D eigenvalue weighted by molar-refractivity contribution is 5.71. The van der Waals surface area contributed by atoms with Crippen molar-refractivity contribution in [3.05, 3.63) is 35.9 Å². The second-order valence-corrected chi connectivity index (χ2v) is 8.33. The van der Waals surface area contributed by atoms with Gasteiger partial charge in [-0.1, -0.05) is 43.2 Å². The molecule has 0 radical (unpaired) electrons. The summed E-state index contributed by atoms with van der Waals surface area (Å²) in [4.78, 5) is 23.9. The third-order valence-corrected chi connectivity index (χ3v) is 4.99. The maximum Gasteiger partial charge on any atom is 0.407 e. The van der Waals surface area contributed by atoms with E-state index in [0.717, 1.165) is 18.4 Å². The number of aliphatic hydroxyl groups is 1. The average molecular weight is 377 g/mol. The van der Waals surface area contributed by atoms with E-state index in [1.54, 1.807) is 20.8 Å². The van der Waals surface area contributed by atoms with Gasteiger partial charge in [0.05, 0.1) is 18.1 Å². The van der Waals surface area contributed by atoms with Crippen LogP contribution in [0.2, 0.25) is 0 Å². The van der Waals surface area contributed by atoms with Crippen molar-refractivity contribution in [1.82, 2.24) is 5.32 Å². The lowest BCUT2D eigenvalue weighted by atomic mass is 9.74. The van der Waals surface area contributed by atoms with Crippen LogP contribution in [0.4, 0.5) is 4.79 Å². The Balaban J connectivity index is 2.18. The summed E-state index contributed by atoms with van der Waals surface area (Å²) in [5.74, 6) is -1.86. The van der Waals surface area contributed by atoms with Crippen molar-refractivity contribution in [2.45, 2.75) is 70.6 Å². The molecule has 1 fully saturated rings. The first kappa shape index (κ1) is 21.2. The highest BCUT2D eigenvalue weighted by Gasteiger charge is 2.39. The molecule has 1 saturated carbocycles. The molecule has 1 aromatic carbocycles. The molecule has 0 aromatic heterocycles. The van der Waals surface area contributed by atoms with E-state index < -0.39 is 35.7 Å². The molecule has 27 heavy (non-hydrogen) atoms. The highest BCUT2D eigenvalue weighted by atomic mass is 16.6. The van der Waals surface area contributed by atoms with Gasteiger partial charge in [0.25, 0.3) is 0 Å². The number of ether oxygens (including phenoxy) is 1. The summed E-state index contributed by atoms with van der Waals surface area (Å²) >= 11 is 0. The Labute approximate surface area is 160 Å². The lowest BCUT2D eigenvalue weighted by molar-refractivity contribution is -0.147. The van der Waals surface area contributed by atoms with Crippen molar-refractivity contribution < 1.29 is 24.5 Å². The maximum absolute atomic E-state index is 12.3. The molecule has 1 amide bonds. The lowest BCUT2D eigenvalue weighted by Crippen LogP contribution is -2.51. The third-order valence-electron chi connectivity index (χ3n) is 4.99. The molecule has 6 nitrogen and oxygen atoms in total. The van der Waals surface area contributed by atoms with Crippen molar-refractivity contribution in [3.8, 4) is 0 Å². The fraction of sp³-hybridized carbons (Fsp3) is 0.619. The van der Waals surface area contributed by atoms with Crippen LogP contribution >= 0.6 is 0 Å². The highest BCUT2D eigenvalue weighted by Crippen LogP contribution is 2.34. The second-order valence-electron chi connectivity index (χ2n) is 8.33. The van der Waals surface area contributed by atoms with E-state index in [0.29, 0.717) is 19.3 Å². The molecule has 1 aliphatic carbocycles. The molecular weight excluding hydrogens is 346 g/mol. The Morgan fingerprint density at radius 3 is 2.41 bits per heavy atom. The number of carbonyl (C=O) groups excluding carboxylic acids is 1. The molecule has 2 rings (SSSR count). The summed E-state index contributed by atoms with van der Waals surface area (Å²) in [6, 6.07) is 8.92. The summed E-state index contributed by atoms with van der Waals surface area (Å²) < 4.78 is 5.34. The Bertz CT molecular complexity index is 625. The van der Waals surface area contributed by atoms with Gasteiger partial charge < -0.3 is 20.3 Å². The predicted molar refractivity (Wildman–Crippen MR) is 102 cm³/mol. The van der Waals surface area contributed by atoms with Crippen LogP contribution in [0.1, 0.15) is 52.0 Å². The fourth-order valence-electron chi connectivity index (χ4n) is 3.76. The number of nitrogens with one attached hydrogen (secondary N) is 1. The van der Waals surface area contributed by atoms with E-state index in [4.69, 9.17) is 4.74 Å². The maximum atomic E-state index is 12.3. The van der Waals surface area contributed by atoms with Gasteiger partial charge in [-0.05, 0) is 45.6 Å². The number of aliphatic hydroxyl groups excluding tert-OH is 1. The zero-order valence-corrected chi connectivity index (χ0v) is 16.4. The Kier molecular flexibility index (Phi) is 7.25. The second kappa shape index (κ2) is 9.22. The van der Waals surface area contributed by atoms with E-state index in [-0.39, 0.29) is 5.92 Å². The molecule has 1 aromatic rings. The standard InChI is InChI=1S/C21H31NO5/c1-21(2,3)27-20(26)22-17(13-14-9-5-4-6-10-14)18(23)15-11-7-8-12-16(15)19(24)25/h4-6,9-10,15-18,23H,7-8,11-13H2,1-3H3,(H,22,26)(H,24,25)/t15-,16-,17?,18?/m0/s1. The van der Waals surface area contributed by atoms with E-state index in [2.05, 4.69) is 5.32 Å². The Morgan fingerprint density at radius 1 is 1.19 bits per heavy atom. The summed E-state index contributed by atoms with van der Waals surface area (Å²) in [7, 11) is 0. The SMILES string of the molecule is CC(C)(C)OC(=O)NC(Cc1ccccc1)C(O)[C@H]1CCCC[C@@H]1C(=O)O. The molecule has 0 bridgehead atoms. The van der Waals surface area contributed by atoms with E-state index in [1.165, 1.54) is 0 Å². The number of hydrogen-bond acceptors (Lipinski definition) is 4. The number of aliphatic carboxylic acids is 1. The molecule has 0 aliphatic heterocycles.